The van der Waals surface area contributed by atoms with E-state index in [1.165, 1.54) is 23.2 Å². The fourth-order valence-electron chi connectivity index (χ4n) is 4.65. The smallest absolute Gasteiger partial charge is 0.264 e. The van der Waals surface area contributed by atoms with Crippen molar-refractivity contribution in [2.24, 2.45) is 5.92 Å². The lowest BCUT2D eigenvalue weighted by atomic mass is 10.1. The molecule has 0 radical (unpaired) electrons. The molecule has 4 rings (SSSR count). The van der Waals surface area contributed by atoms with Crippen LogP contribution >= 0.6 is 0 Å². The van der Waals surface area contributed by atoms with E-state index in [2.05, 4.69) is 17.1 Å². The first-order valence-electron chi connectivity index (χ1n) is 11.1. The summed E-state index contributed by atoms with van der Waals surface area (Å²) in [5, 5.41) is 2.97. The molecule has 2 aliphatic heterocycles. The predicted octanol–water partition coefficient (Wildman–Crippen LogP) is 3.29. The summed E-state index contributed by atoms with van der Waals surface area (Å²) in [5.74, 6) is 0.108. The lowest BCUT2D eigenvalue weighted by molar-refractivity contribution is 0.0945. The number of carbonyl (C=O) groups is 1. The highest BCUT2D eigenvalue weighted by molar-refractivity contribution is 7.92. The van der Waals surface area contributed by atoms with Crippen molar-refractivity contribution in [3.05, 3.63) is 59.7 Å². The molecule has 2 aliphatic rings. The zero-order valence-corrected chi connectivity index (χ0v) is 19.1. The average molecular weight is 442 g/mol. The number of hydrogen-bond donors (Lipinski definition) is 1. The minimum absolute atomic E-state index is 0.147. The van der Waals surface area contributed by atoms with Gasteiger partial charge in [0.1, 0.15) is 0 Å². The quantitative estimate of drug-likeness (QED) is 0.716. The van der Waals surface area contributed by atoms with Gasteiger partial charge in [0.25, 0.3) is 15.9 Å². The van der Waals surface area contributed by atoms with Crippen molar-refractivity contribution in [3.8, 4) is 0 Å². The molecule has 1 saturated heterocycles. The first-order chi connectivity index (χ1) is 14.9. The van der Waals surface area contributed by atoms with Crippen molar-refractivity contribution in [1.29, 1.82) is 0 Å². The molecule has 0 aromatic heterocycles. The van der Waals surface area contributed by atoms with Gasteiger partial charge >= 0.3 is 0 Å². The maximum absolute atomic E-state index is 13.4. The topological polar surface area (TPSA) is 69.7 Å². The van der Waals surface area contributed by atoms with Crippen molar-refractivity contribution in [3.63, 3.8) is 0 Å². The van der Waals surface area contributed by atoms with Gasteiger partial charge in [-0.15, -0.1) is 0 Å². The summed E-state index contributed by atoms with van der Waals surface area (Å²) in [4.78, 5) is 15.3. The highest BCUT2D eigenvalue weighted by atomic mass is 32.2. The Morgan fingerprint density at radius 3 is 2.65 bits per heavy atom. The lowest BCUT2D eigenvalue weighted by Gasteiger charge is -2.24. The van der Waals surface area contributed by atoms with E-state index in [-0.39, 0.29) is 16.8 Å². The number of fused-ring (bicyclic) bond motifs is 1. The molecule has 31 heavy (non-hydrogen) atoms. The fraction of sp³-hybridized carbons (Fsp3) is 0.458. The van der Waals surface area contributed by atoms with Gasteiger partial charge in [-0.25, -0.2) is 8.42 Å². The Hall–Kier alpha value is -2.38. The van der Waals surface area contributed by atoms with Crippen LogP contribution in [0.3, 0.4) is 0 Å². The second kappa shape index (κ2) is 9.01. The molecule has 2 atom stereocenters. The molecule has 1 N–H and O–H groups in total. The summed E-state index contributed by atoms with van der Waals surface area (Å²) in [6.07, 6.45) is 3.19. The van der Waals surface area contributed by atoms with E-state index in [1.807, 2.05) is 31.2 Å². The fourth-order valence-corrected chi connectivity index (χ4v) is 6.39. The molecule has 0 aliphatic carbocycles. The summed E-state index contributed by atoms with van der Waals surface area (Å²) in [7, 11) is -3.76. The van der Waals surface area contributed by atoms with E-state index in [4.69, 9.17) is 0 Å². The normalized spacial score (nSPS) is 19.9. The number of nitrogens with one attached hydrogen (secondary N) is 1. The highest BCUT2D eigenvalue weighted by Gasteiger charge is 2.36. The van der Waals surface area contributed by atoms with E-state index >= 15 is 0 Å². The number of hydrogen-bond acceptors (Lipinski definition) is 4. The predicted molar refractivity (Wildman–Crippen MR) is 123 cm³/mol. The Morgan fingerprint density at radius 2 is 1.87 bits per heavy atom. The Labute approximate surface area is 185 Å². The molecule has 2 heterocycles. The largest absolute Gasteiger partial charge is 0.352 e. The van der Waals surface area contributed by atoms with E-state index in [0.717, 1.165) is 30.9 Å². The third-order valence-electron chi connectivity index (χ3n) is 6.18. The SMILES string of the molecule is CC(CNC(=O)c1cccc(S(=O)(=O)N2c3ccccc3CC2C)c1)CN1CCCC1. The maximum Gasteiger partial charge on any atom is 0.264 e. The molecule has 0 saturated carbocycles. The highest BCUT2D eigenvalue weighted by Crippen LogP contribution is 2.36. The van der Waals surface area contributed by atoms with Gasteiger partial charge in [-0.2, -0.15) is 0 Å². The van der Waals surface area contributed by atoms with Crippen molar-refractivity contribution in [1.82, 2.24) is 10.2 Å². The number of rotatable bonds is 7. The Balaban J connectivity index is 1.47. The van der Waals surface area contributed by atoms with Crippen molar-refractivity contribution in [2.75, 3.05) is 30.5 Å². The number of anilines is 1. The van der Waals surface area contributed by atoms with Crippen LogP contribution in [0.2, 0.25) is 0 Å². The molecule has 1 amide bonds. The minimum Gasteiger partial charge on any atom is -0.352 e. The van der Waals surface area contributed by atoms with Crippen LogP contribution in [0.25, 0.3) is 0 Å². The second-order valence-electron chi connectivity index (χ2n) is 8.83. The number of amides is 1. The van der Waals surface area contributed by atoms with Gasteiger partial charge in [-0.05, 0) is 75.0 Å². The first kappa shape index (κ1) is 21.8. The molecular weight excluding hydrogens is 410 g/mol. The molecule has 2 unspecified atom stereocenters. The summed E-state index contributed by atoms with van der Waals surface area (Å²) in [6.45, 7) is 7.86. The summed E-state index contributed by atoms with van der Waals surface area (Å²) in [6, 6.07) is 13.8. The molecule has 0 bridgehead atoms. The van der Waals surface area contributed by atoms with Crippen LogP contribution in [-0.4, -0.2) is 51.4 Å². The van der Waals surface area contributed by atoms with Crippen LogP contribution in [0.5, 0.6) is 0 Å². The average Bonchev–Trinajstić information content (AvgIpc) is 3.38. The van der Waals surface area contributed by atoms with Crippen LogP contribution in [-0.2, 0) is 16.4 Å². The standard InChI is InChI=1S/C24H31N3O3S/c1-18(17-26-12-5-6-13-26)16-25-24(28)21-9-7-10-22(15-21)31(29,30)27-19(2)14-20-8-3-4-11-23(20)27/h3-4,7-11,15,18-19H,5-6,12-14,16-17H2,1-2H3,(H,25,28). The molecule has 1 fully saturated rings. The maximum atomic E-state index is 13.4. The Bertz CT molecular complexity index is 1050. The van der Waals surface area contributed by atoms with Crippen molar-refractivity contribution >= 4 is 21.6 Å². The molecular formula is C24H31N3O3S. The number of sulfonamides is 1. The number of nitrogens with zero attached hydrogens (tertiary/aromatic N) is 2. The molecule has 6 nitrogen and oxygen atoms in total. The Morgan fingerprint density at radius 1 is 1.13 bits per heavy atom. The van der Waals surface area contributed by atoms with Gasteiger partial charge < -0.3 is 10.2 Å². The van der Waals surface area contributed by atoms with Gasteiger partial charge in [-0.3, -0.25) is 9.10 Å². The van der Waals surface area contributed by atoms with E-state index < -0.39 is 10.0 Å². The monoisotopic (exact) mass is 441 g/mol. The van der Waals surface area contributed by atoms with Crippen molar-refractivity contribution < 1.29 is 13.2 Å². The van der Waals surface area contributed by atoms with Crippen LogP contribution in [0, 0.1) is 5.92 Å². The first-order valence-corrected chi connectivity index (χ1v) is 12.5. The number of carbonyl (C=O) groups excluding carboxylic acids is 1. The molecule has 0 spiro atoms. The zero-order chi connectivity index (χ0) is 22.0. The van der Waals surface area contributed by atoms with Gasteiger partial charge in [-0.1, -0.05) is 31.2 Å². The van der Waals surface area contributed by atoms with E-state index in [9.17, 15) is 13.2 Å². The summed E-state index contributed by atoms with van der Waals surface area (Å²) in [5.41, 5.74) is 2.12. The molecule has 2 aromatic rings. The van der Waals surface area contributed by atoms with Crippen molar-refractivity contribution in [2.45, 2.75) is 44.0 Å². The summed E-state index contributed by atoms with van der Waals surface area (Å²) < 4.78 is 28.3. The second-order valence-corrected chi connectivity index (χ2v) is 10.6. The van der Waals surface area contributed by atoms with E-state index in [0.29, 0.717) is 24.4 Å². The number of para-hydroxylation sites is 1. The van der Waals surface area contributed by atoms with Gasteiger partial charge in [0.15, 0.2) is 0 Å². The van der Waals surface area contributed by atoms with Gasteiger partial charge in [0, 0.05) is 24.7 Å². The Kier molecular flexibility index (Phi) is 6.34. The lowest BCUT2D eigenvalue weighted by Crippen LogP contribution is -2.36. The van der Waals surface area contributed by atoms with Crippen LogP contribution < -0.4 is 9.62 Å². The van der Waals surface area contributed by atoms with Crippen LogP contribution in [0.15, 0.2) is 53.4 Å². The minimum atomic E-state index is -3.76. The molecule has 7 heteroatoms. The van der Waals surface area contributed by atoms with Crippen LogP contribution in [0.1, 0.15) is 42.6 Å². The van der Waals surface area contributed by atoms with Gasteiger partial charge in [0.05, 0.1) is 10.6 Å². The van der Waals surface area contributed by atoms with E-state index in [1.54, 1.807) is 18.2 Å². The number of benzene rings is 2. The molecule has 166 valence electrons. The third kappa shape index (κ3) is 4.62. The number of likely N-dealkylation sites (tertiary alicyclic amines) is 1. The molecule has 2 aromatic carbocycles. The third-order valence-corrected chi connectivity index (χ3v) is 8.10. The van der Waals surface area contributed by atoms with Gasteiger partial charge in [0.2, 0.25) is 0 Å². The van der Waals surface area contributed by atoms with Crippen LogP contribution in [0.4, 0.5) is 5.69 Å². The zero-order valence-electron chi connectivity index (χ0n) is 18.3. The summed E-state index contributed by atoms with van der Waals surface area (Å²) >= 11 is 0.